The molecule has 0 aliphatic carbocycles. The third kappa shape index (κ3) is 2.34. The van der Waals surface area contributed by atoms with Gasteiger partial charge in [-0.05, 0) is 24.1 Å². The monoisotopic (exact) mass is 215 g/mol. The van der Waals surface area contributed by atoms with Gasteiger partial charge in [-0.2, -0.15) is 0 Å². The molecule has 0 saturated carbocycles. The Balaban J connectivity index is 1.97. The van der Waals surface area contributed by atoms with Crippen molar-refractivity contribution in [3.63, 3.8) is 0 Å². The molecule has 0 N–H and O–H groups in total. The minimum absolute atomic E-state index is 0.0734. The van der Waals surface area contributed by atoms with Crippen molar-refractivity contribution in [2.45, 2.75) is 12.8 Å². The lowest BCUT2D eigenvalue weighted by molar-refractivity contribution is 0.0970. The Morgan fingerprint density at radius 1 is 1.31 bits per heavy atom. The van der Waals surface area contributed by atoms with Crippen molar-refractivity contribution in [1.82, 2.24) is 14.5 Å². The van der Waals surface area contributed by atoms with Crippen molar-refractivity contribution in [3.8, 4) is 0 Å². The molecule has 2 rings (SSSR count). The van der Waals surface area contributed by atoms with Crippen molar-refractivity contribution < 1.29 is 4.79 Å². The molecule has 0 bridgehead atoms. The first-order chi connectivity index (χ1) is 7.77. The molecule has 2 heterocycles. The average molecular weight is 215 g/mol. The molecule has 0 spiro atoms. The van der Waals surface area contributed by atoms with Gasteiger partial charge in [0.05, 0.1) is 0 Å². The maximum Gasteiger partial charge on any atom is 0.198 e. The number of hydrogen-bond donors (Lipinski definition) is 0. The SMILES string of the molecule is Cn1ccnc1C(=O)CCc1ccncc1. The maximum atomic E-state index is 11.8. The summed E-state index contributed by atoms with van der Waals surface area (Å²) in [6, 6.07) is 3.84. The zero-order valence-corrected chi connectivity index (χ0v) is 9.13. The van der Waals surface area contributed by atoms with Crippen LogP contribution in [0.4, 0.5) is 0 Å². The van der Waals surface area contributed by atoms with Crippen LogP contribution in [0.1, 0.15) is 22.6 Å². The number of rotatable bonds is 4. The summed E-state index contributed by atoms with van der Waals surface area (Å²) >= 11 is 0. The van der Waals surface area contributed by atoms with Crippen LogP contribution in [0.5, 0.6) is 0 Å². The summed E-state index contributed by atoms with van der Waals surface area (Å²) in [6.07, 6.45) is 8.10. The normalized spacial score (nSPS) is 10.3. The molecule has 4 nitrogen and oxygen atoms in total. The topological polar surface area (TPSA) is 47.8 Å². The average Bonchev–Trinajstić information content (AvgIpc) is 2.74. The zero-order valence-electron chi connectivity index (χ0n) is 9.13. The molecule has 0 atom stereocenters. The van der Waals surface area contributed by atoms with E-state index in [4.69, 9.17) is 0 Å². The summed E-state index contributed by atoms with van der Waals surface area (Å²) < 4.78 is 1.74. The Kier molecular flexibility index (Phi) is 3.10. The van der Waals surface area contributed by atoms with Crippen LogP contribution in [-0.2, 0) is 13.5 Å². The van der Waals surface area contributed by atoms with Gasteiger partial charge in [-0.1, -0.05) is 0 Å². The Morgan fingerprint density at radius 3 is 2.69 bits per heavy atom. The van der Waals surface area contributed by atoms with Crippen LogP contribution in [0.2, 0.25) is 0 Å². The highest BCUT2D eigenvalue weighted by atomic mass is 16.1. The van der Waals surface area contributed by atoms with Gasteiger partial charge in [-0.3, -0.25) is 9.78 Å². The van der Waals surface area contributed by atoms with Gasteiger partial charge in [0, 0.05) is 38.3 Å². The second-order valence-electron chi connectivity index (χ2n) is 3.64. The van der Waals surface area contributed by atoms with E-state index in [0.717, 1.165) is 12.0 Å². The fourth-order valence-corrected chi connectivity index (χ4v) is 1.55. The second-order valence-corrected chi connectivity index (χ2v) is 3.64. The molecular weight excluding hydrogens is 202 g/mol. The number of imidazole rings is 1. The summed E-state index contributed by atoms with van der Waals surface area (Å²) in [5.74, 6) is 0.596. The van der Waals surface area contributed by atoms with E-state index in [1.165, 1.54) is 0 Å². The number of carbonyl (C=O) groups excluding carboxylic acids is 1. The summed E-state index contributed by atoms with van der Waals surface area (Å²) in [7, 11) is 1.83. The minimum Gasteiger partial charge on any atom is -0.332 e. The molecule has 0 aromatic carbocycles. The molecule has 0 saturated heterocycles. The summed E-state index contributed by atoms with van der Waals surface area (Å²) in [5, 5.41) is 0. The second kappa shape index (κ2) is 4.70. The van der Waals surface area contributed by atoms with Gasteiger partial charge >= 0.3 is 0 Å². The van der Waals surface area contributed by atoms with Crippen LogP contribution in [0.25, 0.3) is 0 Å². The molecule has 2 aromatic rings. The summed E-state index contributed by atoms with van der Waals surface area (Å²) in [6.45, 7) is 0. The van der Waals surface area contributed by atoms with Gasteiger partial charge in [0.15, 0.2) is 11.6 Å². The molecule has 0 aliphatic rings. The fraction of sp³-hybridized carbons (Fsp3) is 0.250. The smallest absolute Gasteiger partial charge is 0.198 e. The van der Waals surface area contributed by atoms with Crippen LogP contribution in [-0.4, -0.2) is 20.3 Å². The highest BCUT2D eigenvalue weighted by molar-refractivity contribution is 5.92. The summed E-state index contributed by atoms with van der Waals surface area (Å²) in [5.41, 5.74) is 1.12. The standard InChI is InChI=1S/C12H13N3O/c1-15-9-8-14-12(15)11(16)3-2-10-4-6-13-7-5-10/h4-9H,2-3H2,1H3. The highest BCUT2D eigenvalue weighted by Gasteiger charge is 2.10. The minimum atomic E-state index is 0.0734. The van der Waals surface area contributed by atoms with Gasteiger partial charge in [0.1, 0.15) is 0 Å². The van der Waals surface area contributed by atoms with Gasteiger partial charge < -0.3 is 4.57 Å². The molecule has 0 aliphatic heterocycles. The maximum absolute atomic E-state index is 11.8. The van der Waals surface area contributed by atoms with Gasteiger partial charge in [-0.15, -0.1) is 0 Å². The van der Waals surface area contributed by atoms with Crippen molar-refractivity contribution in [2.24, 2.45) is 7.05 Å². The van der Waals surface area contributed by atoms with E-state index in [0.29, 0.717) is 12.2 Å². The number of pyridine rings is 1. The van der Waals surface area contributed by atoms with Crippen molar-refractivity contribution in [2.75, 3.05) is 0 Å². The Hall–Kier alpha value is -1.97. The summed E-state index contributed by atoms with van der Waals surface area (Å²) in [4.78, 5) is 19.8. The van der Waals surface area contributed by atoms with E-state index < -0.39 is 0 Å². The third-order valence-corrected chi connectivity index (χ3v) is 2.46. The first kappa shape index (κ1) is 10.5. The largest absolute Gasteiger partial charge is 0.332 e. The molecule has 0 amide bonds. The number of carbonyl (C=O) groups is 1. The van der Waals surface area contributed by atoms with Gasteiger partial charge in [-0.25, -0.2) is 4.98 Å². The number of nitrogens with zero attached hydrogens (tertiary/aromatic N) is 3. The predicted octanol–water partition coefficient (Wildman–Crippen LogP) is 1.63. The lowest BCUT2D eigenvalue weighted by atomic mass is 10.1. The van der Waals surface area contributed by atoms with E-state index >= 15 is 0 Å². The molecule has 0 fully saturated rings. The van der Waals surface area contributed by atoms with Crippen LogP contribution >= 0.6 is 0 Å². The quantitative estimate of drug-likeness (QED) is 0.728. The van der Waals surface area contributed by atoms with Crippen molar-refractivity contribution in [3.05, 3.63) is 48.3 Å². The zero-order chi connectivity index (χ0) is 11.4. The van der Waals surface area contributed by atoms with Crippen LogP contribution < -0.4 is 0 Å². The lowest BCUT2D eigenvalue weighted by Gasteiger charge is -2.01. The van der Waals surface area contributed by atoms with Crippen molar-refractivity contribution in [1.29, 1.82) is 0 Å². The number of hydrogen-bond acceptors (Lipinski definition) is 3. The number of aryl methyl sites for hydroxylation is 2. The molecule has 0 unspecified atom stereocenters. The number of ketones is 1. The van der Waals surface area contributed by atoms with Gasteiger partial charge in [0.2, 0.25) is 0 Å². The van der Waals surface area contributed by atoms with E-state index in [2.05, 4.69) is 9.97 Å². The number of aromatic nitrogens is 3. The first-order valence-electron chi connectivity index (χ1n) is 5.17. The van der Waals surface area contributed by atoms with Crippen molar-refractivity contribution >= 4 is 5.78 Å². The van der Waals surface area contributed by atoms with E-state index in [1.54, 1.807) is 29.4 Å². The lowest BCUT2D eigenvalue weighted by Crippen LogP contribution is -2.08. The van der Waals surface area contributed by atoms with Crippen LogP contribution in [0.3, 0.4) is 0 Å². The van der Waals surface area contributed by atoms with E-state index in [-0.39, 0.29) is 5.78 Å². The Labute approximate surface area is 94.0 Å². The fourth-order valence-electron chi connectivity index (χ4n) is 1.55. The van der Waals surface area contributed by atoms with Crippen LogP contribution in [0, 0.1) is 0 Å². The first-order valence-corrected chi connectivity index (χ1v) is 5.17. The molecule has 0 radical (unpaired) electrons. The van der Waals surface area contributed by atoms with E-state index in [9.17, 15) is 4.79 Å². The van der Waals surface area contributed by atoms with Gasteiger partial charge in [0.25, 0.3) is 0 Å². The highest BCUT2D eigenvalue weighted by Crippen LogP contribution is 2.05. The Bertz CT molecular complexity index is 476. The Morgan fingerprint density at radius 2 is 2.06 bits per heavy atom. The molecular formula is C12H13N3O. The molecule has 16 heavy (non-hydrogen) atoms. The third-order valence-electron chi connectivity index (χ3n) is 2.46. The molecule has 4 heteroatoms. The number of Topliss-reactive ketones (excluding diaryl/α,β-unsaturated/α-hetero) is 1. The predicted molar refractivity (Wildman–Crippen MR) is 60.1 cm³/mol. The molecule has 2 aromatic heterocycles. The van der Waals surface area contributed by atoms with Crippen LogP contribution in [0.15, 0.2) is 36.9 Å². The van der Waals surface area contributed by atoms with E-state index in [1.807, 2.05) is 19.2 Å². The molecule has 82 valence electrons.